The van der Waals surface area contributed by atoms with Gasteiger partial charge in [-0.25, -0.2) is 13.1 Å². The van der Waals surface area contributed by atoms with E-state index in [4.69, 9.17) is 0 Å². The molecular weight excluding hydrogens is 280 g/mol. The molecule has 1 saturated heterocycles. The first-order valence-corrected chi connectivity index (χ1v) is 8.40. The molecule has 1 aromatic rings. The molecule has 0 radical (unpaired) electrons. The fourth-order valence-corrected chi connectivity index (χ4v) is 3.60. The number of hydrogen-bond donors (Lipinski definition) is 3. The van der Waals surface area contributed by atoms with E-state index < -0.39 is 15.6 Å². The highest BCUT2D eigenvalue weighted by Gasteiger charge is 2.31. The zero-order valence-electron chi connectivity index (χ0n) is 11.7. The second kappa shape index (κ2) is 6.21. The van der Waals surface area contributed by atoms with Crippen LogP contribution in [0.5, 0.6) is 0 Å². The molecule has 1 aliphatic heterocycles. The molecule has 2 heterocycles. The zero-order chi connectivity index (χ0) is 14.6. The smallest absolute Gasteiger partial charge is 0.257 e. The Morgan fingerprint density at radius 3 is 3.05 bits per heavy atom. The summed E-state index contributed by atoms with van der Waals surface area (Å²) < 4.78 is 28.5. The van der Waals surface area contributed by atoms with Gasteiger partial charge < -0.3 is 10.4 Å². The third-order valence-corrected chi connectivity index (χ3v) is 4.85. The number of piperidine rings is 1. The van der Waals surface area contributed by atoms with Gasteiger partial charge in [-0.1, -0.05) is 6.92 Å². The monoisotopic (exact) mass is 302 g/mol. The topological polar surface area (TPSA) is 96.2 Å². The minimum absolute atomic E-state index is 0.0135. The minimum Gasteiger partial charge on any atom is -0.387 e. The molecule has 114 valence electrons. The van der Waals surface area contributed by atoms with Crippen LogP contribution >= 0.6 is 0 Å². The SMILES string of the molecule is CCCn1nccc1S(=O)(=O)NCC1(O)CCCNC1. The number of nitrogens with zero attached hydrogens (tertiary/aromatic N) is 2. The van der Waals surface area contributed by atoms with Crippen LogP contribution in [0.25, 0.3) is 0 Å². The predicted octanol–water partition coefficient (Wildman–Crippen LogP) is -0.314. The number of hydrogen-bond acceptors (Lipinski definition) is 5. The Morgan fingerprint density at radius 2 is 2.40 bits per heavy atom. The van der Waals surface area contributed by atoms with E-state index in [1.165, 1.54) is 16.9 Å². The maximum Gasteiger partial charge on any atom is 0.257 e. The molecule has 2 rings (SSSR count). The van der Waals surface area contributed by atoms with Crippen molar-refractivity contribution in [2.45, 2.75) is 43.4 Å². The van der Waals surface area contributed by atoms with Gasteiger partial charge in [-0.15, -0.1) is 0 Å². The Kier molecular flexibility index (Phi) is 4.79. The molecule has 1 aliphatic rings. The number of β-amino-alcohol motifs (C(OH)–C–C–N with tert-alkyl or cyclic N) is 1. The lowest BCUT2D eigenvalue weighted by molar-refractivity contribution is 0.0218. The highest BCUT2D eigenvalue weighted by Crippen LogP contribution is 2.16. The molecule has 0 aromatic carbocycles. The van der Waals surface area contributed by atoms with Crippen molar-refractivity contribution in [1.82, 2.24) is 19.8 Å². The molecule has 0 amide bonds. The normalized spacial score (nSPS) is 23.9. The highest BCUT2D eigenvalue weighted by molar-refractivity contribution is 7.89. The summed E-state index contributed by atoms with van der Waals surface area (Å²) in [5, 5.41) is 17.5. The van der Waals surface area contributed by atoms with Crippen LogP contribution in [0.15, 0.2) is 17.3 Å². The van der Waals surface area contributed by atoms with Crippen LogP contribution in [0, 0.1) is 0 Å². The molecule has 0 bridgehead atoms. The third kappa shape index (κ3) is 3.57. The van der Waals surface area contributed by atoms with Crippen LogP contribution in [0.3, 0.4) is 0 Å². The van der Waals surface area contributed by atoms with Gasteiger partial charge in [0.25, 0.3) is 10.0 Å². The average Bonchev–Trinajstić information content (AvgIpc) is 2.87. The quantitative estimate of drug-likeness (QED) is 0.669. The summed E-state index contributed by atoms with van der Waals surface area (Å²) in [6, 6.07) is 1.47. The third-order valence-electron chi connectivity index (χ3n) is 3.43. The van der Waals surface area contributed by atoms with Gasteiger partial charge in [-0.05, 0) is 31.9 Å². The number of sulfonamides is 1. The molecule has 1 atom stereocenters. The maximum atomic E-state index is 12.3. The maximum absolute atomic E-state index is 12.3. The number of aliphatic hydroxyl groups is 1. The Hall–Kier alpha value is -0.960. The molecule has 0 aliphatic carbocycles. The Morgan fingerprint density at radius 1 is 1.60 bits per heavy atom. The van der Waals surface area contributed by atoms with Gasteiger partial charge in [0.1, 0.15) is 0 Å². The van der Waals surface area contributed by atoms with E-state index in [1.54, 1.807) is 0 Å². The molecule has 1 aromatic heterocycles. The first-order chi connectivity index (χ1) is 9.47. The van der Waals surface area contributed by atoms with Crippen molar-refractivity contribution in [2.75, 3.05) is 19.6 Å². The van der Waals surface area contributed by atoms with E-state index >= 15 is 0 Å². The van der Waals surface area contributed by atoms with E-state index in [2.05, 4.69) is 15.1 Å². The standard InChI is InChI=1S/C12H22N4O3S/c1-2-8-16-11(4-7-14-16)20(18,19)15-10-12(17)5-3-6-13-9-12/h4,7,13,15,17H,2-3,5-6,8-10H2,1H3. The van der Waals surface area contributed by atoms with Crippen molar-refractivity contribution in [1.29, 1.82) is 0 Å². The van der Waals surface area contributed by atoms with Crippen molar-refractivity contribution in [3.8, 4) is 0 Å². The van der Waals surface area contributed by atoms with Gasteiger partial charge in [0.15, 0.2) is 5.03 Å². The van der Waals surface area contributed by atoms with E-state index in [1.807, 2.05) is 6.92 Å². The number of nitrogens with one attached hydrogen (secondary N) is 2. The van der Waals surface area contributed by atoms with Gasteiger partial charge in [-0.3, -0.25) is 4.68 Å². The van der Waals surface area contributed by atoms with Crippen molar-refractivity contribution >= 4 is 10.0 Å². The molecule has 0 saturated carbocycles. The van der Waals surface area contributed by atoms with Gasteiger partial charge >= 0.3 is 0 Å². The summed E-state index contributed by atoms with van der Waals surface area (Å²) in [6.45, 7) is 3.79. The second-order valence-electron chi connectivity index (χ2n) is 5.22. The number of rotatable bonds is 6. The molecule has 20 heavy (non-hydrogen) atoms. The van der Waals surface area contributed by atoms with Gasteiger partial charge in [0.05, 0.1) is 11.8 Å². The molecule has 3 N–H and O–H groups in total. The second-order valence-corrected chi connectivity index (χ2v) is 6.94. The van der Waals surface area contributed by atoms with Crippen LogP contribution in [0.2, 0.25) is 0 Å². The summed E-state index contributed by atoms with van der Waals surface area (Å²) in [4.78, 5) is 0. The van der Waals surface area contributed by atoms with E-state index in [0.717, 1.165) is 19.4 Å². The predicted molar refractivity (Wildman–Crippen MR) is 74.8 cm³/mol. The van der Waals surface area contributed by atoms with Gasteiger partial charge in [0.2, 0.25) is 0 Å². The first kappa shape index (κ1) is 15.4. The van der Waals surface area contributed by atoms with Gasteiger partial charge in [-0.2, -0.15) is 5.10 Å². The van der Waals surface area contributed by atoms with Crippen LogP contribution < -0.4 is 10.0 Å². The fraction of sp³-hybridized carbons (Fsp3) is 0.750. The van der Waals surface area contributed by atoms with Crippen molar-refractivity contribution in [3.05, 3.63) is 12.3 Å². The summed E-state index contributed by atoms with van der Waals surface area (Å²) >= 11 is 0. The molecule has 7 nitrogen and oxygen atoms in total. The first-order valence-electron chi connectivity index (χ1n) is 6.91. The lowest BCUT2D eigenvalue weighted by Crippen LogP contribution is -2.52. The van der Waals surface area contributed by atoms with Crippen LogP contribution in [0.4, 0.5) is 0 Å². The van der Waals surface area contributed by atoms with Crippen molar-refractivity contribution in [3.63, 3.8) is 0 Å². The largest absolute Gasteiger partial charge is 0.387 e. The van der Waals surface area contributed by atoms with Crippen molar-refractivity contribution < 1.29 is 13.5 Å². The summed E-state index contributed by atoms with van der Waals surface area (Å²) in [5.74, 6) is 0. The fourth-order valence-electron chi connectivity index (χ4n) is 2.33. The van der Waals surface area contributed by atoms with Gasteiger partial charge in [0, 0.05) is 19.6 Å². The highest BCUT2D eigenvalue weighted by atomic mass is 32.2. The number of aryl methyl sites for hydroxylation is 1. The van der Waals surface area contributed by atoms with Crippen LogP contribution in [-0.4, -0.2) is 48.5 Å². The Labute approximate surface area is 119 Å². The van der Waals surface area contributed by atoms with Crippen molar-refractivity contribution in [2.24, 2.45) is 0 Å². The average molecular weight is 302 g/mol. The van der Waals surface area contributed by atoms with E-state index in [9.17, 15) is 13.5 Å². The summed E-state index contributed by atoms with van der Waals surface area (Å²) in [7, 11) is -3.64. The molecule has 1 fully saturated rings. The van der Waals surface area contributed by atoms with Crippen LogP contribution in [-0.2, 0) is 16.6 Å². The van der Waals surface area contributed by atoms with Crippen LogP contribution in [0.1, 0.15) is 26.2 Å². The number of aromatic nitrogens is 2. The lowest BCUT2D eigenvalue weighted by Gasteiger charge is -2.32. The lowest BCUT2D eigenvalue weighted by atomic mass is 9.95. The Bertz CT molecular complexity index is 535. The molecular formula is C12H22N4O3S. The van der Waals surface area contributed by atoms with E-state index in [0.29, 0.717) is 19.5 Å². The Balaban J connectivity index is 2.05. The zero-order valence-corrected chi connectivity index (χ0v) is 12.5. The van der Waals surface area contributed by atoms with E-state index in [-0.39, 0.29) is 11.6 Å². The summed E-state index contributed by atoms with van der Waals surface area (Å²) in [6.07, 6.45) is 3.71. The molecule has 0 spiro atoms. The summed E-state index contributed by atoms with van der Waals surface area (Å²) in [5.41, 5.74) is -1.01. The minimum atomic E-state index is -3.64. The molecule has 8 heteroatoms. The molecule has 1 unspecified atom stereocenters.